The summed E-state index contributed by atoms with van der Waals surface area (Å²) in [5.41, 5.74) is 0.923. The molecule has 1 aliphatic heterocycles. The van der Waals surface area contributed by atoms with Crippen LogP contribution in [0.5, 0.6) is 0 Å². The zero-order valence-corrected chi connectivity index (χ0v) is 11.3. The Morgan fingerprint density at radius 3 is 3.22 bits per heavy atom. The summed E-state index contributed by atoms with van der Waals surface area (Å²) >= 11 is 0. The molecule has 0 saturated carbocycles. The number of likely N-dealkylation sites (tertiary alicyclic amines) is 1. The molecule has 2 heterocycles. The van der Waals surface area contributed by atoms with E-state index in [-0.39, 0.29) is 0 Å². The Bertz CT molecular complexity index is 354. The van der Waals surface area contributed by atoms with Gasteiger partial charge in [-0.15, -0.1) is 0 Å². The number of aromatic nitrogens is 1. The van der Waals surface area contributed by atoms with Gasteiger partial charge in [0.25, 0.3) is 0 Å². The summed E-state index contributed by atoms with van der Waals surface area (Å²) in [6.07, 6.45) is 3.72. The molecule has 5 nitrogen and oxygen atoms in total. The molecule has 0 amide bonds. The zero-order chi connectivity index (χ0) is 12.8. The van der Waals surface area contributed by atoms with Gasteiger partial charge in [0, 0.05) is 25.3 Å². The van der Waals surface area contributed by atoms with E-state index in [9.17, 15) is 0 Å². The van der Waals surface area contributed by atoms with Gasteiger partial charge in [0.1, 0.15) is 6.61 Å². The van der Waals surface area contributed by atoms with Gasteiger partial charge in [-0.05, 0) is 39.9 Å². The number of hydrogen-bond acceptors (Lipinski definition) is 5. The molecular formula is C13H23N3O2. The Labute approximate surface area is 108 Å². The minimum Gasteiger partial charge on any atom is -0.373 e. The number of ether oxygens (including phenoxy) is 1. The Morgan fingerprint density at radius 1 is 1.61 bits per heavy atom. The van der Waals surface area contributed by atoms with Gasteiger partial charge in [0.15, 0.2) is 5.76 Å². The number of hydrogen-bond donors (Lipinski definition) is 1. The molecule has 0 radical (unpaired) electrons. The summed E-state index contributed by atoms with van der Waals surface area (Å²) in [7, 11) is 4.08. The van der Waals surface area contributed by atoms with Gasteiger partial charge in [0.2, 0.25) is 0 Å². The molecule has 1 unspecified atom stereocenters. The molecule has 1 aromatic rings. The van der Waals surface area contributed by atoms with Crippen molar-refractivity contribution in [2.75, 3.05) is 27.2 Å². The monoisotopic (exact) mass is 253 g/mol. The minimum atomic E-state index is 0.521. The maximum absolute atomic E-state index is 5.64. The lowest BCUT2D eigenvalue weighted by Gasteiger charge is -2.18. The third kappa shape index (κ3) is 3.80. The first kappa shape index (κ1) is 13.5. The zero-order valence-electron chi connectivity index (χ0n) is 11.3. The van der Waals surface area contributed by atoms with Gasteiger partial charge in [-0.3, -0.25) is 0 Å². The molecular weight excluding hydrogens is 230 g/mol. The molecule has 1 N–H and O–H groups in total. The second-order valence-electron chi connectivity index (χ2n) is 4.93. The third-order valence-corrected chi connectivity index (χ3v) is 3.48. The van der Waals surface area contributed by atoms with Crippen LogP contribution in [0.4, 0.5) is 0 Å². The van der Waals surface area contributed by atoms with Crippen molar-refractivity contribution in [3.8, 4) is 0 Å². The molecule has 1 aliphatic rings. The molecule has 0 aromatic carbocycles. The van der Waals surface area contributed by atoms with Gasteiger partial charge in [-0.2, -0.15) is 0 Å². The van der Waals surface area contributed by atoms with Crippen LogP contribution in [0.15, 0.2) is 10.6 Å². The van der Waals surface area contributed by atoms with Crippen LogP contribution < -0.4 is 5.32 Å². The van der Waals surface area contributed by atoms with Gasteiger partial charge in [0.05, 0.1) is 5.69 Å². The lowest BCUT2D eigenvalue weighted by Crippen LogP contribution is -2.26. The highest BCUT2D eigenvalue weighted by molar-refractivity contribution is 5.03. The molecule has 2 rings (SSSR count). The lowest BCUT2D eigenvalue weighted by atomic mass is 10.1. The first-order chi connectivity index (χ1) is 8.79. The summed E-state index contributed by atoms with van der Waals surface area (Å²) in [4.78, 5) is 2.42. The van der Waals surface area contributed by atoms with Crippen molar-refractivity contribution < 1.29 is 9.26 Å². The molecule has 1 atom stereocenters. The number of nitrogens with zero attached hydrogens (tertiary/aromatic N) is 2. The SMILES string of the molecule is CNCc1cc(COCCC2CCCN2C)on1. The summed E-state index contributed by atoms with van der Waals surface area (Å²) in [5.74, 6) is 0.806. The van der Waals surface area contributed by atoms with Crippen molar-refractivity contribution in [2.45, 2.75) is 38.5 Å². The summed E-state index contributed by atoms with van der Waals surface area (Å²) < 4.78 is 10.8. The van der Waals surface area contributed by atoms with Crippen molar-refractivity contribution >= 4 is 0 Å². The molecule has 1 saturated heterocycles. The highest BCUT2D eigenvalue weighted by Crippen LogP contribution is 2.17. The molecule has 1 fully saturated rings. The molecule has 0 aliphatic carbocycles. The van der Waals surface area contributed by atoms with E-state index in [1.165, 1.54) is 19.4 Å². The average Bonchev–Trinajstić information content (AvgIpc) is 2.95. The van der Waals surface area contributed by atoms with Crippen molar-refractivity contribution in [3.05, 3.63) is 17.5 Å². The van der Waals surface area contributed by atoms with Crippen LogP contribution in [0.1, 0.15) is 30.7 Å². The Morgan fingerprint density at radius 2 is 2.50 bits per heavy atom. The van der Waals surface area contributed by atoms with E-state index in [4.69, 9.17) is 9.26 Å². The van der Waals surface area contributed by atoms with E-state index < -0.39 is 0 Å². The quantitative estimate of drug-likeness (QED) is 0.744. The first-order valence-electron chi connectivity index (χ1n) is 6.66. The van der Waals surface area contributed by atoms with E-state index in [0.29, 0.717) is 12.6 Å². The van der Waals surface area contributed by atoms with E-state index in [1.54, 1.807) is 0 Å². The second-order valence-corrected chi connectivity index (χ2v) is 4.93. The number of rotatable bonds is 7. The van der Waals surface area contributed by atoms with Gasteiger partial charge in [-0.25, -0.2) is 0 Å². The van der Waals surface area contributed by atoms with Gasteiger partial charge < -0.3 is 19.5 Å². The fourth-order valence-corrected chi connectivity index (χ4v) is 2.42. The fraction of sp³-hybridized carbons (Fsp3) is 0.769. The van der Waals surface area contributed by atoms with Crippen LogP contribution in [0.25, 0.3) is 0 Å². The van der Waals surface area contributed by atoms with Crippen LogP contribution >= 0.6 is 0 Å². The van der Waals surface area contributed by atoms with Crippen molar-refractivity contribution in [2.24, 2.45) is 0 Å². The van der Waals surface area contributed by atoms with Gasteiger partial charge in [-0.1, -0.05) is 5.16 Å². The molecule has 0 spiro atoms. The van der Waals surface area contributed by atoms with Gasteiger partial charge >= 0.3 is 0 Å². The van der Waals surface area contributed by atoms with Crippen LogP contribution in [-0.4, -0.2) is 43.3 Å². The van der Waals surface area contributed by atoms with Crippen LogP contribution in [-0.2, 0) is 17.9 Å². The van der Waals surface area contributed by atoms with Crippen molar-refractivity contribution in [1.82, 2.24) is 15.4 Å². The van der Waals surface area contributed by atoms with Crippen molar-refractivity contribution in [3.63, 3.8) is 0 Å². The molecule has 102 valence electrons. The summed E-state index contributed by atoms with van der Waals surface area (Å²) in [6.45, 7) is 3.26. The second kappa shape index (κ2) is 6.87. The third-order valence-electron chi connectivity index (χ3n) is 3.48. The van der Waals surface area contributed by atoms with E-state index in [0.717, 1.165) is 31.0 Å². The molecule has 5 heteroatoms. The van der Waals surface area contributed by atoms with E-state index >= 15 is 0 Å². The van der Waals surface area contributed by atoms with Crippen LogP contribution in [0.3, 0.4) is 0 Å². The number of nitrogens with one attached hydrogen (secondary N) is 1. The normalized spacial score (nSPS) is 20.7. The molecule has 1 aromatic heterocycles. The van der Waals surface area contributed by atoms with Crippen LogP contribution in [0, 0.1) is 0 Å². The Hall–Kier alpha value is -0.910. The first-order valence-corrected chi connectivity index (χ1v) is 6.66. The smallest absolute Gasteiger partial charge is 0.162 e. The highest BCUT2D eigenvalue weighted by atomic mass is 16.5. The predicted molar refractivity (Wildman–Crippen MR) is 69.2 cm³/mol. The van der Waals surface area contributed by atoms with Crippen molar-refractivity contribution in [1.29, 1.82) is 0 Å². The standard InChI is InChI=1S/C13H23N3O2/c1-14-9-11-8-13(18-15-11)10-17-7-5-12-4-3-6-16(12)2/h8,12,14H,3-7,9-10H2,1-2H3. The maximum atomic E-state index is 5.64. The summed E-state index contributed by atoms with van der Waals surface area (Å²) in [5, 5.41) is 6.99. The van der Waals surface area contributed by atoms with E-state index in [2.05, 4.69) is 22.4 Å². The summed E-state index contributed by atoms with van der Waals surface area (Å²) in [6, 6.07) is 2.64. The molecule has 18 heavy (non-hydrogen) atoms. The highest BCUT2D eigenvalue weighted by Gasteiger charge is 2.20. The van der Waals surface area contributed by atoms with E-state index in [1.807, 2.05) is 13.1 Å². The largest absolute Gasteiger partial charge is 0.373 e. The Balaban J connectivity index is 1.62. The minimum absolute atomic E-state index is 0.521. The van der Waals surface area contributed by atoms with Crippen LogP contribution in [0.2, 0.25) is 0 Å². The molecule has 0 bridgehead atoms. The topological polar surface area (TPSA) is 50.5 Å². The Kier molecular flexibility index (Phi) is 5.16. The predicted octanol–water partition coefficient (Wildman–Crippen LogP) is 1.39. The maximum Gasteiger partial charge on any atom is 0.162 e. The fourth-order valence-electron chi connectivity index (χ4n) is 2.42. The average molecular weight is 253 g/mol. The lowest BCUT2D eigenvalue weighted by molar-refractivity contribution is 0.0854.